The Labute approximate surface area is 107 Å². The van der Waals surface area contributed by atoms with E-state index >= 15 is 0 Å². The molecule has 0 saturated carbocycles. The molecule has 4 nitrogen and oxygen atoms in total. The molecule has 1 aromatic rings. The molecule has 1 rings (SSSR count). The van der Waals surface area contributed by atoms with Crippen molar-refractivity contribution < 1.29 is 20.1 Å². The molecule has 1 unspecified atom stereocenters. The number of aromatic hydroxyl groups is 2. The van der Waals surface area contributed by atoms with Crippen molar-refractivity contribution in [1.29, 1.82) is 0 Å². The summed E-state index contributed by atoms with van der Waals surface area (Å²) >= 11 is 0. The van der Waals surface area contributed by atoms with Crippen molar-refractivity contribution in [2.45, 2.75) is 38.5 Å². The van der Waals surface area contributed by atoms with Crippen LogP contribution >= 0.6 is 0 Å². The lowest BCUT2D eigenvalue weighted by atomic mass is 9.93. The molecule has 4 heteroatoms. The zero-order chi connectivity index (χ0) is 13.5. The van der Waals surface area contributed by atoms with E-state index in [1.165, 1.54) is 12.1 Å². The molecule has 1 aromatic carbocycles. The number of phenolic OH excluding ortho intramolecular Hbond substituents is 2. The minimum Gasteiger partial charge on any atom is -0.508 e. The standard InChI is InChI=1S/C14H20O4/c1-10(4-5-11(16)3-2-8-15)13-7-6-12(17)9-14(13)18/h6-7,9-10,15,17-18H,2-5,8H2,1H3. The van der Waals surface area contributed by atoms with Crippen LogP contribution in [0.2, 0.25) is 0 Å². The Morgan fingerprint density at radius 2 is 2.00 bits per heavy atom. The van der Waals surface area contributed by atoms with Gasteiger partial charge in [-0.05, 0) is 30.4 Å². The van der Waals surface area contributed by atoms with Crippen LogP contribution in [0.4, 0.5) is 0 Å². The maximum absolute atomic E-state index is 11.5. The fourth-order valence-corrected chi connectivity index (χ4v) is 1.88. The monoisotopic (exact) mass is 252 g/mol. The van der Waals surface area contributed by atoms with Crippen LogP contribution in [0.5, 0.6) is 11.5 Å². The van der Waals surface area contributed by atoms with Crippen LogP contribution in [0.25, 0.3) is 0 Å². The first-order valence-electron chi connectivity index (χ1n) is 6.19. The number of rotatable bonds is 7. The summed E-state index contributed by atoms with van der Waals surface area (Å²) in [6.07, 6.45) is 2.02. The van der Waals surface area contributed by atoms with Gasteiger partial charge in [-0.3, -0.25) is 4.79 Å². The number of Topliss-reactive ketones (excluding diaryl/α,β-unsaturated/α-hetero) is 1. The Balaban J connectivity index is 2.50. The molecule has 0 radical (unpaired) electrons. The number of hydrogen-bond acceptors (Lipinski definition) is 4. The van der Waals surface area contributed by atoms with E-state index in [1.807, 2.05) is 6.92 Å². The van der Waals surface area contributed by atoms with E-state index in [2.05, 4.69) is 0 Å². The minimum absolute atomic E-state index is 0.0301. The van der Waals surface area contributed by atoms with Gasteiger partial charge in [-0.1, -0.05) is 13.0 Å². The summed E-state index contributed by atoms with van der Waals surface area (Å²) in [5.74, 6) is 0.283. The largest absolute Gasteiger partial charge is 0.508 e. The molecule has 18 heavy (non-hydrogen) atoms. The number of phenols is 2. The van der Waals surface area contributed by atoms with Gasteiger partial charge in [0, 0.05) is 25.5 Å². The second-order valence-electron chi connectivity index (χ2n) is 4.55. The van der Waals surface area contributed by atoms with Gasteiger partial charge in [0.2, 0.25) is 0 Å². The summed E-state index contributed by atoms with van der Waals surface area (Å²) in [4.78, 5) is 11.5. The second kappa shape index (κ2) is 7.01. The van der Waals surface area contributed by atoms with Gasteiger partial charge in [0.15, 0.2) is 0 Å². The molecule has 0 spiro atoms. The highest BCUT2D eigenvalue weighted by Crippen LogP contribution is 2.31. The van der Waals surface area contributed by atoms with Gasteiger partial charge in [-0.15, -0.1) is 0 Å². The Morgan fingerprint density at radius 3 is 2.61 bits per heavy atom. The average Bonchev–Trinajstić information content (AvgIpc) is 2.33. The lowest BCUT2D eigenvalue weighted by molar-refractivity contribution is -0.119. The number of benzene rings is 1. The van der Waals surface area contributed by atoms with Gasteiger partial charge in [0.05, 0.1) is 0 Å². The lowest BCUT2D eigenvalue weighted by Crippen LogP contribution is -2.03. The van der Waals surface area contributed by atoms with Crippen LogP contribution in [0, 0.1) is 0 Å². The summed E-state index contributed by atoms with van der Waals surface area (Å²) in [6.45, 7) is 1.98. The van der Waals surface area contributed by atoms with Crippen molar-refractivity contribution in [3.63, 3.8) is 0 Å². The number of ketones is 1. The predicted molar refractivity (Wildman–Crippen MR) is 68.7 cm³/mol. The average molecular weight is 252 g/mol. The molecule has 0 heterocycles. The SMILES string of the molecule is CC(CCC(=O)CCCO)c1ccc(O)cc1O. The number of carbonyl (C=O) groups is 1. The fourth-order valence-electron chi connectivity index (χ4n) is 1.88. The van der Waals surface area contributed by atoms with Crippen molar-refractivity contribution in [1.82, 2.24) is 0 Å². The van der Waals surface area contributed by atoms with E-state index < -0.39 is 0 Å². The molecule has 3 N–H and O–H groups in total. The second-order valence-corrected chi connectivity index (χ2v) is 4.55. The van der Waals surface area contributed by atoms with Crippen LogP contribution in [0.15, 0.2) is 18.2 Å². The Hall–Kier alpha value is -1.55. The topological polar surface area (TPSA) is 77.8 Å². The molecular weight excluding hydrogens is 232 g/mol. The summed E-state index contributed by atoms with van der Waals surface area (Å²) in [5, 5.41) is 27.5. The number of carbonyl (C=O) groups excluding carboxylic acids is 1. The zero-order valence-electron chi connectivity index (χ0n) is 10.6. The van der Waals surface area contributed by atoms with Crippen LogP contribution < -0.4 is 0 Å². The zero-order valence-corrected chi connectivity index (χ0v) is 10.6. The first-order chi connectivity index (χ1) is 8.54. The third-order valence-electron chi connectivity index (χ3n) is 3.01. The van der Waals surface area contributed by atoms with E-state index in [-0.39, 0.29) is 29.8 Å². The van der Waals surface area contributed by atoms with Crippen molar-refractivity contribution in [3.8, 4) is 11.5 Å². The highest BCUT2D eigenvalue weighted by atomic mass is 16.3. The van der Waals surface area contributed by atoms with Crippen molar-refractivity contribution in [3.05, 3.63) is 23.8 Å². The first-order valence-corrected chi connectivity index (χ1v) is 6.19. The predicted octanol–water partition coefficient (Wildman–Crippen LogP) is 2.32. The summed E-state index contributed by atoms with van der Waals surface area (Å²) in [5.41, 5.74) is 0.739. The number of hydrogen-bond donors (Lipinski definition) is 3. The van der Waals surface area contributed by atoms with Gasteiger partial charge in [0.1, 0.15) is 17.3 Å². The third-order valence-corrected chi connectivity index (χ3v) is 3.01. The number of aliphatic hydroxyl groups excluding tert-OH is 1. The molecule has 0 aliphatic carbocycles. The molecule has 0 aliphatic heterocycles. The molecule has 0 fully saturated rings. The quantitative estimate of drug-likeness (QED) is 0.696. The highest BCUT2D eigenvalue weighted by Gasteiger charge is 2.12. The van der Waals surface area contributed by atoms with Crippen molar-refractivity contribution in [2.75, 3.05) is 6.61 Å². The maximum atomic E-state index is 11.5. The molecule has 0 aliphatic rings. The minimum atomic E-state index is 0.0301. The van der Waals surface area contributed by atoms with Crippen LogP contribution in [0.1, 0.15) is 44.1 Å². The van der Waals surface area contributed by atoms with Crippen molar-refractivity contribution >= 4 is 5.78 Å². The Morgan fingerprint density at radius 1 is 1.28 bits per heavy atom. The van der Waals surface area contributed by atoms with E-state index in [9.17, 15) is 15.0 Å². The van der Waals surface area contributed by atoms with Gasteiger partial charge < -0.3 is 15.3 Å². The summed E-state index contributed by atoms with van der Waals surface area (Å²) in [6, 6.07) is 4.51. The van der Waals surface area contributed by atoms with Gasteiger partial charge in [-0.2, -0.15) is 0 Å². The molecule has 0 amide bonds. The molecular formula is C14H20O4. The van der Waals surface area contributed by atoms with Crippen LogP contribution in [-0.4, -0.2) is 27.7 Å². The smallest absolute Gasteiger partial charge is 0.133 e. The molecule has 0 aromatic heterocycles. The van der Waals surface area contributed by atoms with E-state index in [0.29, 0.717) is 25.7 Å². The molecule has 100 valence electrons. The Bertz CT molecular complexity index is 401. The van der Waals surface area contributed by atoms with E-state index in [1.54, 1.807) is 6.07 Å². The van der Waals surface area contributed by atoms with E-state index in [4.69, 9.17) is 5.11 Å². The Kier molecular flexibility index (Phi) is 5.65. The van der Waals surface area contributed by atoms with Crippen LogP contribution in [0.3, 0.4) is 0 Å². The molecule has 0 bridgehead atoms. The van der Waals surface area contributed by atoms with Crippen molar-refractivity contribution in [2.24, 2.45) is 0 Å². The van der Waals surface area contributed by atoms with Gasteiger partial charge in [0.25, 0.3) is 0 Å². The fraction of sp³-hybridized carbons (Fsp3) is 0.500. The molecule has 0 saturated heterocycles. The summed E-state index contributed by atoms with van der Waals surface area (Å²) in [7, 11) is 0. The first kappa shape index (κ1) is 14.5. The normalized spacial score (nSPS) is 12.3. The number of aliphatic hydroxyl groups is 1. The van der Waals surface area contributed by atoms with Crippen LogP contribution in [-0.2, 0) is 4.79 Å². The highest BCUT2D eigenvalue weighted by molar-refractivity contribution is 5.78. The summed E-state index contributed by atoms with van der Waals surface area (Å²) < 4.78 is 0. The van der Waals surface area contributed by atoms with Gasteiger partial charge >= 0.3 is 0 Å². The third kappa shape index (κ3) is 4.37. The maximum Gasteiger partial charge on any atom is 0.133 e. The van der Waals surface area contributed by atoms with Gasteiger partial charge in [-0.25, -0.2) is 0 Å². The lowest BCUT2D eigenvalue weighted by Gasteiger charge is -2.13. The van der Waals surface area contributed by atoms with E-state index in [0.717, 1.165) is 5.56 Å². The molecule has 1 atom stereocenters.